The number of rotatable bonds is 4. The SMILES string of the molecule is CC1CC(CN)(C(=O)N2CCCCC2CCO)C1. The quantitative estimate of drug-likeness (QED) is 0.790. The van der Waals surface area contributed by atoms with Crippen molar-refractivity contribution in [1.82, 2.24) is 4.90 Å². The Bertz CT molecular complexity index is 298. The predicted molar refractivity (Wildman–Crippen MR) is 70.9 cm³/mol. The lowest BCUT2D eigenvalue weighted by Gasteiger charge is -2.49. The van der Waals surface area contributed by atoms with Crippen LogP contribution in [0.1, 0.15) is 45.4 Å². The van der Waals surface area contributed by atoms with Gasteiger partial charge < -0.3 is 15.7 Å². The third kappa shape index (κ3) is 2.41. The molecule has 2 rings (SSSR count). The Morgan fingerprint density at radius 2 is 2.17 bits per heavy atom. The minimum absolute atomic E-state index is 0.167. The van der Waals surface area contributed by atoms with E-state index in [0.717, 1.165) is 32.2 Å². The summed E-state index contributed by atoms with van der Waals surface area (Å²) in [5.74, 6) is 0.875. The number of aliphatic hydroxyl groups excluding tert-OH is 1. The molecule has 2 aliphatic rings. The lowest BCUT2D eigenvalue weighted by molar-refractivity contribution is -0.154. The van der Waals surface area contributed by atoms with Gasteiger partial charge in [0.15, 0.2) is 0 Å². The zero-order chi connectivity index (χ0) is 13.2. The van der Waals surface area contributed by atoms with E-state index in [2.05, 4.69) is 6.92 Å². The third-order valence-electron chi connectivity index (χ3n) is 4.67. The van der Waals surface area contributed by atoms with Gasteiger partial charge in [-0.15, -0.1) is 0 Å². The molecule has 2 fully saturated rings. The predicted octanol–water partition coefficient (Wildman–Crippen LogP) is 1.12. The van der Waals surface area contributed by atoms with E-state index >= 15 is 0 Å². The molecule has 1 amide bonds. The van der Waals surface area contributed by atoms with Gasteiger partial charge in [-0.3, -0.25) is 4.79 Å². The summed E-state index contributed by atoms with van der Waals surface area (Å²) < 4.78 is 0. The van der Waals surface area contributed by atoms with Crippen LogP contribution in [-0.2, 0) is 4.79 Å². The Kier molecular flexibility index (Phi) is 4.28. The van der Waals surface area contributed by atoms with Gasteiger partial charge in [-0.1, -0.05) is 6.92 Å². The Morgan fingerprint density at radius 3 is 2.72 bits per heavy atom. The van der Waals surface area contributed by atoms with Crippen LogP contribution in [0, 0.1) is 11.3 Å². The highest BCUT2D eigenvalue weighted by Crippen LogP contribution is 2.46. The maximum absolute atomic E-state index is 12.7. The lowest BCUT2D eigenvalue weighted by Crippen LogP contribution is -2.58. The smallest absolute Gasteiger partial charge is 0.230 e. The first-order valence-electron chi connectivity index (χ1n) is 7.25. The molecule has 4 heteroatoms. The van der Waals surface area contributed by atoms with E-state index in [-0.39, 0.29) is 24.0 Å². The Labute approximate surface area is 110 Å². The first kappa shape index (κ1) is 13.8. The summed E-state index contributed by atoms with van der Waals surface area (Å²) in [5, 5.41) is 9.13. The summed E-state index contributed by atoms with van der Waals surface area (Å²) in [4.78, 5) is 14.7. The van der Waals surface area contributed by atoms with Crippen LogP contribution in [0.5, 0.6) is 0 Å². The molecule has 0 bridgehead atoms. The van der Waals surface area contributed by atoms with E-state index < -0.39 is 0 Å². The van der Waals surface area contributed by atoms with Crippen LogP contribution in [0.25, 0.3) is 0 Å². The van der Waals surface area contributed by atoms with Crippen LogP contribution in [0.15, 0.2) is 0 Å². The van der Waals surface area contributed by atoms with Gasteiger partial charge in [-0.05, 0) is 44.4 Å². The molecule has 1 aliphatic carbocycles. The highest BCUT2D eigenvalue weighted by atomic mass is 16.3. The van der Waals surface area contributed by atoms with Crippen LogP contribution < -0.4 is 5.73 Å². The molecule has 0 radical (unpaired) electrons. The normalized spacial score (nSPS) is 36.3. The zero-order valence-corrected chi connectivity index (χ0v) is 11.4. The minimum atomic E-state index is -0.287. The summed E-state index contributed by atoms with van der Waals surface area (Å²) in [5.41, 5.74) is 5.57. The van der Waals surface area contributed by atoms with Crippen molar-refractivity contribution in [2.75, 3.05) is 19.7 Å². The van der Waals surface area contributed by atoms with E-state index in [1.165, 1.54) is 6.42 Å². The molecule has 1 unspecified atom stereocenters. The van der Waals surface area contributed by atoms with Crippen molar-refractivity contribution >= 4 is 5.91 Å². The molecular weight excluding hydrogens is 228 g/mol. The van der Waals surface area contributed by atoms with Gasteiger partial charge in [0.2, 0.25) is 5.91 Å². The average Bonchev–Trinajstić information content (AvgIpc) is 2.35. The van der Waals surface area contributed by atoms with Crippen LogP contribution in [-0.4, -0.2) is 41.7 Å². The fourth-order valence-electron chi connectivity index (χ4n) is 3.72. The topological polar surface area (TPSA) is 66.6 Å². The van der Waals surface area contributed by atoms with Crippen molar-refractivity contribution in [3.05, 3.63) is 0 Å². The average molecular weight is 254 g/mol. The number of hydrogen-bond acceptors (Lipinski definition) is 3. The number of amides is 1. The lowest BCUT2D eigenvalue weighted by atomic mass is 9.61. The Hall–Kier alpha value is -0.610. The monoisotopic (exact) mass is 254 g/mol. The molecular formula is C14H26N2O2. The van der Waals surface area contributed by atoms with Gasteiger partial charge in [0.05, 0.1) is 5.41 Å². The third-order valence-corrected chi connectivity index (χ3v) is 4.67. The van der Waals surface area contributed by atoms with Crippen molar-refractivity contribution in [1.29, 1.82) is 0 Å². The molecule has 18 heavy (non-hydrogen) atoms. The fourth-order valence-corrected chi connectivity index (χ4v) is 3.72. The van der Waals surface area contributed by atoms with Gasteiger partial charge in [-0.2, -0.15) is 0 Å². The second-order valence-electron chi connectivity index (χ2n) is 6.16. The van der Waals surface area contributed by atoms with Gasteiger partial charge in [0.25, 0.3) is 0 Å². The summed E-state index contributed by atoms with van der Waals surface area (Å²) in [6.45, 7) is 3.67. The summed E-state index contributed by atoms with van der Waals surface area (Å²) in [6.07, 6.45) is 5.87. The summed E-state index contributed by atoms with van der Waals surface area (Å²) in [6, 6.07) is 0.232. The zero-order valence-electron chi connectivity index (χ0n) is 11.4. The Balaban J connectivity index is 2.05. The molecule has 0 spiro atoms. The highest BCUT2D eigenvalue weighted by Gasteiger charge is 2.50. The molecule has 1 atom stereocenters. The maximum Gasteiger partial charge on any atom is 0.230 e. The van der Waals surface area contributed by atoms with E-state index in [9.17, 15) is 4.79 Å². The van der Waals surface area contributed by atoms with Crippen LogP contribution in [0.2, 0.25) is 0 Å². The van der Waals surface area contributed by atoms with E-state index in [4.69, 9.17) is 10.8 Å². The first-order valence-corrected chi connectivity index (χ1v) is 7.25. The van der Waals surface area contributed by atoms with Crippen LogP contribution in [0.3, 0.4) is 0 Å². The van der Waals surface area contributed by atoms with Crippen molar-refractivity contribution < 1.29 is 9.90 Å². The molecule has 1 saturated carbocycles. The number of nitrogens with zero attached hydrogens (tertiary/aromatic N) is 1. The molecule has 1 heterocycles. The van der Waals surface area contributed by atoms with Gasteiger partial charge in [0, 0.05) is 25.7 Å². The summed E-state index contributed by atoms with van der Waals surface area (Å²) in [7, 11) is 0. The molecule has 104 valence electrons. The molecule has 3 N–H and O–H groups in total. The summed E-state index contributed by atoms with van der Waals surface area (Å²) >= 11 is 0. The standard InChI is InChI=1S/C14H26N2O2/c1-11-8-14(9-11,10-15)13(18)16-6-3-2-4-12(16)5-7-17/h11-12,17H,2-10,15H2,1H3. The molecule has 1 saturated heterocycles. The number of carbonyl (C=O) groups is 1. The number of piperidine rings is 1. The van der Waals surface area contributed by atoms with Gasteiger partial charge >= 0.3 is 0 Å². The molecule has 1 aliphatic heterocycles. The maximum atomic E-state index is 12.7. The van der Waals surface area contributed by atoms with Crippen molar-refractivity contribution in [3.63, 3.8) is 0 Å². The number of aliphatic hydroxyl groups is 1. The van der Waals surface area contributed by atoms with Gasteiger partial charge in [-0.25, -0.2) is 0 Å². The van der Waals surface area contributed by atoms with Crippen LogP contribution >= 0.6 is 0 Å². The Morgan fingerprint density at radius 1 is 1.44 bits per heavy atom. The number of likely N-dealkylation sites (tertiary alicyclic amines) is 1. The van der Waals surface area contributed by atoms with Crippen LogP contribution in [0.4, 0.5) is 0 Å². The number of nitrogens with two attached hydrogens (primary N) is 1. The van der Waals surface area contributed by atoms with E-state index in [0.29, 0.717) is 18.9 Å². The molecule has 0 aromatic carbocycles. The van der Waals surface area contributed by atoms with E-state index in [1.54, 1.807) is 0 Å². The first-order chi connectivity index (χ1) is 8.63. The molecule has 4 nitrogen and oxygen atoms in total. The van der Waals surface area contributed by atoms with E-state index in [1.807, 2.05) is 4.90 Å². The van der Waals surface area contributed by atoms with Gasteiger partial charge in [0.1, 0.15) is 0 Å². The number of carbonyl (C=O) groups excluding carboxylic acids is 1. The molecule has 0 aromatic rings. The van der Waals surface area contributed by atoms with Crippen molar-refractivity contribution in [2.45, 2.75) is 51.5 Å². The largest absolute Gasteiger partial charge is 0.396 e. The fraction of sp³-hybridized carbons (Fsp3) is 0.929. The molecule has 0 aromatic heterocycles. The minimum Gasteiger partial charge on any atom is -0.396 e. The highest BCUT2D eigenvalue weighted by molar-refractivity contribution is 5.84. The second kappa shape index (κ2) is 5.57. The second-order valence-corrected chi connectivity index (χ2v) is 6.16. The van der Waals surface area contributed by atoms with Crippen molar-refractivity contribution in [3.8, 4) is 0 Å². The van der Waals surface area contributed by atoms with Crippen molar-refractivity contribution in [2.24, 2.45) is 17.1 Å². The number of hydrogen-bond donors (Lipinski definition) is 2.